The lowest BCUT2D eigenvalue weighted by molar-refractivity contribution is 0.414. The quantitative estimate of drug-likeness (QED) is 0.371. The Bertz CT molecular complexity index is 708. The Morgan fingerprint density at radius 2 is 1.81 bits per heavy atom. The van der Waals surface area contributed by atoms with Crippen LogP contribution in [-0.4, -0.2) is 48.6 Å². The highest BCUT2D eigenvalue weighted by Gasteiger charge is 2.08. The van der Waals surface area contributed by atoms with E-state index in [0.29, 0.717) is 12.3 Å². The Morgan fingerprint density at radius 3 is 2.38 bits per heavy atom. The topological polar surface area (TPSA) is 53.9 Å². The van der Waals surface area contributed by atoms with E-state index < -0.39 is 10.8 Å². The van der Waals surface area contributed by atoms with Crippen LogP contribution in [0.25, 0.3) is 0 Å². The van der Waals surface area contributed by atoms with Crippen molar-refractivity contribution in [3.8, 4) is 5.75 Å². The molecule has 2 aromatic rings. The van der Waals surface area contributed by atoms with Gasteiger partial charge in [-0.1, -0.05) is 30.3 Å². The highest BCUT2D eigenvalue weighted by molar-refractivity contribution is 14.0. The summed E-state index contributed by atoms with van der Waals surface area (Å²) >= 11 is 0. The summed E-state index contributed by atoms with van der Waals surface area (Å²) in [5, 5.41) is 3.27. The number of nitrogens with one attached hydrogen (secondary N) is 1. The first-order valence-corrected chi connectivity index (χ1v) is 9.44. The van der Waals surface area contributed by atoms with Crippen LogP contribution < -0.4 is 10.1 Å². The van der Waals surface area contributed by atoms with Gasteiger partial charge in [0.1, 0.15) is 5.75 Å². The van der Waals surface area contributed by atoms with Gasteiger partial charge in [0.2, 0.25) is 0 Å². The van der Waals surface area contributed by atoms with Crippen LogP contribution in [0.4, 0.5) is 0 Å². The SMILES string of the molecule is CN=C(NCCS(=O)c1ccccc1)N(C)Cc1ccc(OC)cc1.I. The fourth-order valence-corrected chi connectivity index (χ4v) is 3.39. The zero-order valence-electron chi connectivity index (χ0n) is 15.3. The maximum atomic E-state index is 12.2. The summed E-state index contributed by atoms with van der Waals surface area (Å²) in [5.74, 6) is 2.16. The molecule has 142 valence electrons. The molecule has 0 spiro atoms. The second-order valence-corrected chi connectivity index (χ2v) is 7.11. The summed E-state index contributed by atoms with van der Waals surface area (Å²) in [6.45, 7) is 1.33. The van der Waals surface area contributed by atoms with Gasteiger partial charge in [0.05, 0.1) is 17.9 Å². The largest absolute Gasteiger partial charge is 0.497 e. The fraction of sp³-hybridized carbons (Fsp3) is 0.316. The van der Waals surface area contributed by atoms with Gasteiger partial charge in [-0.15, -0.1) is 24.0 Å². The van der Waals surface area contributed by atoms with E-state index in [4.69, 9.17) is 4.74 Å². The average Bonchev–Trinajstić information content (AvgIpc) is 2.66. The molecular weight excluding hydrogens is 461 g/mol. The van der Waals surface area contributed by atoms with Gasteiger partial charge < -0.3 is 15.0 Å². The predicted octanol–water partition coefficient (Wildman–Crippen LogP) is 3.13. The van der Waals surface area contributed by atoms with Crippen LogP contribution in [0.5, 0.6) is 5.75 Å². The summed E-state index contributed by atoms with van der Waals surface area (Å²) in [6.07, 6.45) is 0. The van der Waals surface area contributed by atoms with Crippen molar-refractivity contribution < 1.29 is 8.95 Å². The molecule has 5 nitrogen and oxygen atoms in total. The van der Waals surface area contributed by atoms with Crippen LogP contribution in [0.1, 0.15) is 5.56 Å². The van der Waals surface area contributed by atoms with Gasteiger partial charge in [-0.25, -0.2) is 0 Å². The van der Waals surface area contributed by atoms with E-state index in [0.717, 1.165) is 23.1 Å². The molecule has 0 heterocycles. The van der Waals surface area contributed by atoms with E-state index in [1.807, 2.05) is 66.5 Å². The van der Waals surface area contributed by atoms with Crippen LogP contribution in [0.2, 0.25) is 0 Å². The van der Waals surface area contributed by atoms with Crippen LogP contribution >= 0.6 is 24.0 Å². The van der Waals surface area contributed by atoms with E-state index in [2.05, 4.69) is 10.3 Å². The minimum Gasteiger partial charge on any atom is -0.497 e. The number of hydrogen-bond acceptors (Lipinski definition) is 3. The Morgan fingerprint density at radius 1 is 1.15 bits per heavy atom. The number of hydrogen-bond donors (Lipinski definition) is 1. The molecule has 0 bridgehead atoms. The van der Waals surface area contributed by atoms with Gasteiger partial charge in [-0.2, -0.15) is 0 Å². The third-order valence-electron chi connectivity index (χ3n) is 3.73. The number of benzene rings is 2. The smallest absolute Gasteiger partial charge is 0.193 e. The van der Waals surface area contributed by atoms with Crippen LogP contribution in [0.15, 0.2) is 64.5 Å². The van der Waals surface area contributed by atoms with E-state index in [9.17, 15) is 4.21 Å². The Labute approximate surface area is 175 Å². The number of guanidine groups is 1. The van der Waals surface area contributed by atoms with Crippen molar-refractivity contribution in [2.45, 2.75) is 11.4 Å². The van der Waals surface area contributed by atoms with Gasteiger partial charge in [0, 0.05) is 37.8 Å². The second-order valence-electron chi connectivity index (χ2n) is 5.54. The van der Waals surface area contributed by atoms with E-state index in [1.54, 1.807) is 14.2 Å². The lowest BCUT2D eigenvalue weighted by Crippen LogP contribution is -2.40. The Hall–Kier alpha value is -1.61. The normalized spacial score (nSPS) is 12.0. The molecule has 0 amide bonds. The standard InChI is InChI=1S/C19H25N3O2S.HI/c1-20-19(21-13-14-25(23)18-7-5-4-6-8-18)22(2)15-16-9-11-17(24-3)12-10-16;/h4-12H,13-15H2,1-3H3,(H,20,21);1H. The molecule has 0 saturated heterocycles. The van der Waals surface area contributed by atoms with Crippen molar-refractivity contribution in [3.05, 3.63) is 60.2 Å². The van der Waals surface area contributed by atoms with Gasteiger partial charge in [-0.3, -0.25) is 9.20 Å². The molecule has 1 atom stereocenters. The van der Waals surface area contributed by atoms with Gasteiger partial charge in [-0.05, 0) is 29.8 Å². The molecule has 0 aliphatic heterocycles. The van der Waals surface area contributed by atoms with Crippen LogP contribution in [-0.2, 0) is 17.3 Å². The zero-order chi connectivity index (χ0) is 18.1. The summed E-state index contributed by atoms with van der Waals surface area (Å²) in [7, 11) is 4.38. The molecule has 0 radical (unpaired) electrons. The molecular formula is C19H26IN3O2S. The monoisotopic (exact) mass is 487 g/mol. The average molecular weight is 487 g/mol. The molecule has 0 saturated carbocycles. The maximum Gasteiger partial charge on any atom is 0.193 e. The molecule has 7 heteroatoms. The molecule has 1 N–H and O–H groups in total. The van der Waals surface area contributed by atoms with Crippen molar-refractivity contribution in [3.63, 3.8) is 0 Å². The molecule has 2 rings (SSSR count). The minimum absolute atomic E-state index is 0. The van der Waals surface area contributed by atoms with Gasteiger partial charge in [0.25, 0.3) is 0 Å². The minimum atomic E-state index is -1.01. The maximum absolute atomic E-state index is 12.2. The first kappa shape index (κ1) is 22.4. The highest BCUT2D eigenvalue weighted by atomic mass is 127. The number of halogens is 1. The number of methoxy groups -OCH3 is 1. The third-order valence-corrected chi connectivity index (χ3v) is 5.10. The number of ether oxygens (including phenoxy) is 1. The van der Waals surface area contributed by atoms with Crippen molar-refractivity contribution in [1.29, 1.82) is 0 Å². The van der Waals surface area contributed by atoms with Crippen molar-refractivity contribution in [2.75, 3.05) is 33.5 Å². The third kappa shape index (κ3) is 6.95. The Balaban J connectivity index is 0.00000338. The lowest BCUT2D eigenvalue weighted by Gasteiger charge is -2.22. The first-order valence-electron chi connectivity index (χ1n) is 8.12. The molecule has 0 fully saturated rings. The zero-order valence-corrected chi connectivity index (χ0v) is 18.5. The van der Waals surface area contributed by atoms with Crippen molar-refractivity contribution >= 4 is 40.7 Å². The van der Waals surface area contributed by atoms with E-state index >= 15 is 0 Å². The molecule has 0 aromatic heterocycles. The van der Waals surface area contributed by atoms with Gasteiger partial charge in [0.15, 0.2) is 5.96 Å². The van der Waals surface area contributed by atoms with Gasteiger partial charge >= 0.3 is 0 Å². The summed E-state index contributed by atoms with van der Waals surface area (Å²) < 4.78 is 17.4. The molecule has 0 aliphatic carbocycles. The lowest BCUT2D eigenvalue weighted by atomic mass is 10.2. The molecule has 2 aromatic carbocycles. The molecule has 26 heavy (non-hydrogen) atoms. The number of nitrogens with zero attached hydrogens (tertiary/aromatic N) is 2. The molecule has 0 aliphatic rings. The van der Waals surface area contributed by atoms with Crippen molar-refractivity contribution in [2.24, 2.45) is 4.99 Å². The van der Waals surface area contributed by atoms with Crippen LogP contribution in [0, 0.1) is 0 Å². The molecule has 1 unspecified atom stereocenters. The summed E-state index contributed by atoms with van der Waals surface area (Å²) in [4.78, 5) is 7.18. The van der Waals surface area contributed by atoms with E-state index in [-0.39, 0.29) is 24.0 Å². The fourth-order valence-electron chi connectivity index (χ4n) is 2.41. The predicted molar refractivity (Wildman–Crippen MR) is 119 cm³/mol. The summed E-state index contributed by atoms with van der Waals surface area (Å²) in [6, 6.07) is 17.5. The van der Waals surface area contributed by atoms with E-state index in [1.165, 1.54) is 5.56 Å². The second kappa shape index (κ2) is 11.9. The number of aliphatic imine (C=N–C) groups is 1. The van der Waals surface area contributed by atoms with Crippen molar-refractivity contribution in [1.82, 2.24) is 10.2 Å². The highest BCUT2D eigenvalue weighted by Crippen LogP contribution is 2.12. The van der Waals surface area contributed by atoms with Crippen LogP contribution in [0.3, 0.4) is 0 Å². The first-order chi connectivity index (χ1) is 12.1. The summed E-state index contributed by atoms with van der Waals surface area (Å²) in [5.41, 5.74) is 1.17. The number of rotatable bonds is 7. The Kier molecular flexibility index (Phi) is 10.3.